The maximum absolute atomic E-state index is 10.0. The summed E-state index contributed by atoms with van der Waals surface area (Å²) in [6, 6.07) is 15.1. The zero-order valence-electron chi connectivity index (χ0n) is 15.3. The van der Waals surface area contributed by atoms with E-state index in [4.69, 9.17) is 16.3 Å². The van der Waals surface area contributed by atoms with Crippen molar-refractivity contribution >= 4 is 33.9 Å². The van der Waals surface area contributed by atoms with Gasteiger partial charge < -0.3 is 14.7 Å². The fourth-order valence-corrected chi connectivity index (χ4v) is 3.18. The quantitative estimate of drug-likeness (QED) is 0.511. The molecule has 1 N–H and O–H groups in total. The Morgan fingerprint density at radius 3 is 2.54 bits per heavy atom. The lowest BCUT2D eigenvalue weighted by atomic mass is 10.2. The van der Waals surface area contributed by atoms with E-state index in [2.05, 4.69) is 21.0 Å². The Balaban J connectivity index is 1.56. The molecule has 2 aromatic heterocycles. The minimum absolute atomic E-state index is 0.0598. The molecular weight excluding hydrogens is 376 g/mol. The summed E-state index contributed by atoms with van der Waals surface area (Å²) in [6.45, 7) is 2.01. The van der Waals surface area contributed by atoms with Crippen LogP contribution >= 0.6 is 11.6 Å². The SMILES string of the molecule is Cc1cc(Cl)cc(N(C)c2ccc(Oc3nc(O)c4ccncc4n3)cc2)c1. The first-order chi connectivity index (χ1) is 13.5. The molecule has 0 aliphatic carbocycles. The Kier molecular flexibility index (Phi) is 4.71. The van der Waals surface area contributed by atoms with Crippen molar-refractivity contribution in [1.29, 1.82) is 0 Å². The van der Waals surface area contributed by atoms with E-state index in [1.807, 2.05) is 55.3 Å². The molecule has 0 aliphatic heterocycles. The number of hydrogen-bond donors (Lipinski definition) is 1. The largest absolute Gasteiger partial charge is 0.493 e. The van der Waals surface area contributed by atoms with Gasteiger partial charge in [-0.1, -0.05) is 11.6 Å². The number of aryl methyl sites for hydroxylation is 1. The molecule has 0 saturated carbocycles. The molecule has 7 heteroatoms. The highest BCUT2D eigenvalue weighted by Gasteiger charge is 2.10. The third-order valence-electron chi connectivity index (χ3n) is 4.31. The van der Waals surface area contributed by atoms with E-state index in [-0.39, 0.29) is 11.9 Å². The van der Waals surface area contributed by atoms with E-state index in [0.717, 1.165) is 16.9 Å². The van der Waals surface area contributed by atoms with Crippen LogP contribution in [0.1, 0.15) is 5.56 Å². The topological polar surface area (TPSA) is 71.4 Å². The van der Waals surface area contributed by atoms with Crippen LogP contribution < -0.4 is 9.64 Å². The van der Waals surface area contributed by atoms with E-state index in [1.54, 1.807) is 18.5 Å². The molecule has 0 amide bonds. The lowest BCUT2D eigenvalue weighted by Gasteiger charge is -2.20. The van der Waals surface area contributed by atoms with Gasteiger partial charge in [0.25, 0.3) is 0 Å². The Morgan fingerprint density at radius 1 is 1.00 bits per heavy atom. The second kappa shape index (κ2) is 7.32. The summed E-state index contributed by atoms with van der Waals surface area (Å²) in [5.41, 5.74) is 3.57. The standard InChI is InChI=1S/C21H17ClN4O2/c1-13-9-14(22)11-16(10-13)26(2)15-3-5-17(6-4-15)28-21-24-19-12-23-8-7-18(19)20(27)25-21/h3-12H,1-2H3,(H,24,25,27). The average Bonchev–Trinajstić information content (AvgIpc) is 2.67. The van der Waals surface area contributed by atoms with Crippen LogP contribution in [0.25, 0.3) is 10.9 Å². The number of benzene rings is 2. The number of rotatable bonds is 4. The molecule has 140 valence electrons. The van der Waals surface area contributed by atoms with Gasteiger partial charge in [0.2, 0.25) is 5.88 Å². The molecule has 0 spiro atoms. The van der Waals surface area contributed by atoms with E-state index < -0.39 is 0 Å². The van der Waals surface area contributed by atoms with Crippen LogP contribution in [0, 0.1) is 6.92 Å². The number of aromatic hydroxyl groups is 1. The minimum Gasteiger partial charge on any atom is -0.493 e. The van der Waals surface area contributed by atoms with Crippen molar-refractivity contribution in [2.45, 2.75) is 6.92 Å². The summed E-state index contributed by atoms with van der Waals surface area (Å²) in [7, 11) is 1.97. The number of pyridine rings is 1. The van der Waals surface area contributed by atoms with Gasteiger partial charge in [0.1, 0.15) is 5.75 Å². The first kappa shape index (κ1) is 18.0. The van der Waals surface area contributed by atoms with Crippen molar-refractivity contribution in [1.82, 2.24) is 15.0 Å². The summed E-state index contributed by atoms with van der Waals surface area (Å²) in [4.78, 5) is 14.3. The van der Waals surface area contributed by atoms with Gasteiger partial charge in [0.15, 0.2) is 0 Å². The normalized spacial score (nSPS) is 10.8. The first-order valence-electron chi connectivity index (χ1n) is 8.59. The molecule has 2 heterocycles. The van der Waals surface area contributed by atoms with Crippen LogP contribution in [0.3, 0.4) is 0 Å². The number of anilines is 2. The minimum atomic E-state index is -0.143. The van der Waals surface area contributed by atoms with Crippen LogP contribution in [0.5, 0.6) is 17.6 Å². The van der Waals surface area contributed by atoms with Crippen LogP contribution in [0.15, 0.2) is 60.9 Å². The molecular formula is C21H17ClN4O2. The second-order valence-electron chi connectivity index (χ2n) is 6.36. The summed E-state index contributed by atoms with van der Waals surface area (Å²) < 4.78 is 5.70. The summed E-state index contributed by atoms with van der Waals surface area (Å²) in [5, 5.41) is 11.3. The predicted molar refractivity (Wildman–Crippen MR) is 110 cm³/mol. The zero-order valence-corrected chi connectivity index (χ0v) is 16.1. The van der Waals surface area contributed by atoms with Crippen LogP contribution in [-0.2, 0) is 0 Å². The number of halogens is 1. The molecule has 0 radical (unpaired) electrons. The second-order valence-corrected chi connectivity index (χ2v) is 6.80. The first-order valence-corrected chi connectivity index (χ1v) is 8.97. The van der Waals surface area contributed by atoms with Gasteiger partial charge >= 0.3 is 6.01 Å². The van der Waals surface area contributed by atoms with Crippen molar-refractivity contribution in [2.75, 3.05) is 11.9 Å². The highest BCUT2D eigenvalue weighted by molar-refractivity contribution is 6.31. The van der Waals surface area contributed by atoms with Gasteiger partial charge in [0, 0.05) is 29.6 Å². The molecule has 0 unspecified atom stereocenters. The third-order valence-corrected chi connectivity index (χ3v) is 4.52. The summed E-state index contributed by atoms with van der Waals surface area (Å²) >= 11 is 6.17. The fraction of sp³-hybridized carbons (Fsp3) is 0.0952. The monoisotopic (exact) mass is 392 g/mol. The number of ether oxygens (including phenoxy) is 1. The van der Waals surface area contributed by atoms with Gasteiger partial charge in [0.05, 0.1) is 17.1 Å². The lowest BCUT2D eigenvalue weighted by Crippen LogP contribution is -2.09. The number of fused-ring (bicyclic) bond motifs is 1. The van der Waals surface area contributed by atoms with Crippen LogP contribution in [0.2, 0.25) is 5.02 Å². The van der Waals surface area contributed by atoms with Crippen molar-refractivity contribution in [3.8, 4) is 17.6 Å². The molecule has 0 saturated heterocycles. The Hall–Kier alpha value is -3.38. The van der Waals surface area contributed by atoms with Crippen molar-refractivity contribution < 1.29 is 9.84 Å². The van der Waals surface area contributed by atoms with Crippen LogP contribution in [-0.4, -0.2) is 27.1 Å². The lowest BCUT2D eigenvalue weighted by molar-refractivity contribution is 0.412. The molecule has 6 nitrogen and oxygen atoms in total. The van der Waals surface area contributed by atoms with Crippen molar-refractivity contribution in [2.24, 2.45) is 0 Å². The van der Waals surface area contributed by atoms with Crippen molar-refractivity contribution in [3.63, 3.8) is 0 Å². The van der Waals surface area contributed by atoms with E-state index in [0.29, 0.717) is 21.7 Å². The molecule has 2 aromatic carbocycles. The number of aromatic nitrogens is 3. The average molecular weight is 393 g/mol. The van der Waals surface area contributed by atoms with Gasteiger partial charge in [-0.25, -0.2) is 0 Å². The summed E-state index contributed by atoms with van der Waals surface area (Å²) in [5.74, 6) is 0.414. The van der Waals surface area contributed by atoms with Gasteiger partial charge in [-0.15, -0.1) is 0 Å². The number of nitrogens with zero attached hydrogens (tertiary/aromatic N) is 4. The molecule has 4 aromatic rings. The zero-order chi connectivity index (χ0) is 19.7. The molecule has 0 fully saturated rings. The van der Waals surface area contributed by atoms with Gasteiger partial charge in [-0.2, -0.15) is 9.97 Å². The smallest absolute Gasteiger partial charge is 0.325 e. The van der Waals surface area contributed by atoms with Gasteiger partial charge in [-0.05, 0) is 61.0 Å². The van der Waals surface area contributed by atoms with E-state index >= 15 is 0 Å². The molecule has 28 heavy (non-hydrogen) atoms. The van der Waals surface area contributed by atoms with Gasteiger partial charge in [-0.3, -0.25) is 4.98 Å². The predicted octanol–water partition coefficient (Wildman–Crippen LogP) is 5.25. The Morgan fingerprint density at radius 2 is 1.79 bits per heavy atom. The van der Waals surface area contributed by atoms with Crippen LogP contribution in [0.4, 0.5) is 11.4 Å². The Bertz CT molecular complexity index is 1130. The summed E-state index contributed by atoms with van der Waals surface area (Å²) in [6.07, 6.45) is 3.12. The maximum atomic E-state index is 10.0. The third kappa shape index (κ3) is 3.68. The molecule has 0 aliphatic rings. The molecule has 0 bridgehead atoms. The molecule has 0 atom stereocenters. The Labute approximate surface area is 167 Å². The van der Waals surface area contributed by atoms with Crippen molar-refractivity contribution in [3.05, 3.63) is 71.5 Å². The number of hydrogen-bond acceptors (Lipinski definition) is 6. The highest BCUT2D eigenvalue weighted by Crippen LogP contribution is 2.30. The molecule has 4 rings (SSSR count). The highest BCUT2D eigenvalue weighted by atomic mass is 35.5. The van der Waals surface area contributed by atoms with E-state index in [9.17, 15) is 5.11 Å². The maximum Gasteiger partial charge on any atom is 0.325 e. The fourth-order valence-electron chi connectivity index (χ4n) is 2.89. The van der Waals surface area contributed by atoms with E-state index in [1.165, 1.54) is 0 Å².